The van der Waals surface area contributed by atoms with Gasteiger partial charge in [-0.2, -0.15) is 4.99 Å². The summed E-state index contributed by atoms with van der Waals surface area (Å²) in [6.45, 7) is 0.169. The number of guanidine groups is 2. The minimum absolute atomic E-state index is 0.0162. The highest BCUT2D eigenvalue weighted by Crippen LogP contribution is 2.18. The Hall–Kier alpha value is -2.24. The van der Waals surface area contributed by atoms with Gasteiger partial charge in [0.2, 0.25) is 5.96 Å². The molecule has 0 bridgehead atoms. The van der Waals surface area contributed by atoms with Gasteiger partial charge in [0.25, 0.3) is 0 Å². The third-order valence-corrected chi connectivity index (χ3v) is 3.49. The van der Waals surface area contributed by atoms with Crippen molar-refractivity contribution in [3.63, 3.8) is 0 Å². The molecule has 0 amide bonds. The summed E-state index contributed by atoms with van der Waals surface area (Å²) in [5, 5.41) is 35.6. The van der Waals surface area contributed by atoms with E-state index in [-0.39, 0.29) is 18.3 Å². The van der Waals surface area contributed by atoms with Gasteiger partial charge in [0.1, 0.15) is 12.2 Å². The van der Waals surface area contributed by atoms with Crippen molar-refractivity contribution in [1.82, 2.24) is 0 Å². The molecule has 0 aliphatic carbocycles. The molecule has 0 saturated carbocycles. The Labute approximate surface area is 151 Å². The Kier molecular flexibility index (Phi) is 9.55. The second-order valence-electron chi connectivity index (χ2n) is 5.62. The third kappa shape index (κ3) is 8.23. The van der Waals surface area contributed by atoms with Crippen LogP contribution in [0.1, 0.15) is 12.0 Å². The number of aliphatic hydroxyl groups excluding tert-OH is 4. The number of aliphatic hydroxyl groups is 4. The van der Waals surface area contributed by atoms with E-state index in [1.54, 1.807) is 0 Å². The molecule has 10 heteroatoms. The first kappa shape index (κ1) is 21.8. The normalized spacial score (nSPS) is 25.8. The van der Waals surface area contributed by atoms with Crippen LogP contribution in [-0.2, 0) is 11.2 Å². The molecule has 1 aliphatic rings. The lowest BCUT2D eigenvalue weighted by atomic mass is 10.0. The van der Waals surface area contributed by atoms with Crippen molar-refractivity contribution in [1.29, 1.82) is 0 Å². The third-order valence-electron chi connectivity index (χ3n) is 3.49. The molecule has 1 unspecified atom stereocenters. The van der Waals surface area contributed by atoms with Gasteiger partial charge in [0.15, 0.2) is 12.2 Å². The van der Waals surface area contributed by atoms with Gasteiger partial charge in [-0.15, -0.1) is 0 Å². The van der Waals surface area contributed by atoms with E-state index < -0.39 is 31.2 Å². The Balaban J connectivity index is 0.000000273. The summed E-state index contributed by atoms with van der Waals surface area (Å²) in [4.78, 5) is 7.62. The zero-order chi connectivity index (χ0) is 19.5. The molecular weight excluding hydrogens is 342 g/mol. The number of rotatable bonds is 4. The minimum atomic E-state index is -1.11. The van der Waals surface area contributed by atoms with Gasteiger partial charge in [-0.1, -0.05) is 30.3 Å². The van der Waals surface area contributed by atoms with E-state index >= 15 is 0 Å². The smallest absolute Gasteiger partial charge is 0.218 e. The van der Waals surface area contributed by atoms with E-state index in [0.29, 0.717) is 6.54 Å². The number of hydrogen-bond acceptors (Lipinski definition) is 6. The molecule has 1 heterocycles. The van der Waals surface area contributed by atoms with Gasteiger partial charge in [0.05, 0.1) is 12.7 Å². The standard InChI is InChI=1S/C10H15N5.C6H12O5/c11-9(12)15-10(13)14-7-6-8-4-2-1-3-5-8;7-2-4-6(10)3(8)1-5(9)11-4/h1-5H,6-7H2,(H6,11,12,13,14,15);3-10H,1-2H2/t;3-,4-,5?,6+/m.1/s1. The number of hydrogen-bond donors (Lipinski definition) is 7. The fourth-order valence-corrected chi connectivity index (χ4v) is 2.19. The number of nitrogens with two attached hydrogens (primary N) is 3. The van der Waals surface area contributed by atoms with E-state index in [0.717, 1.165) is 6.42 Å². The molecule has 2 rings (SSSR count). The fourth-order valence-electron chi connectivity index (χ4n) is 2.19. The summed E-state index contributed by atoms with van der Waals surface area (Å²) < 4.78 is 4.71. The first-order chi connectivity index (χ1) is 12.3. The van der Waals surface area contributed by atoms with Gasteiger partial charge in [-0.05, 0) is 12.0 Å². The van der Waals surface area contributed by atoms with Crippen molar-refractivity contribution in [3.8, 4) is 0 Å². The van der Waals surface area contributed by atoms with E-state index in [1.165, 1.54) is 5.56 Å². The van der Waals surface area contributed by atoms with Crippen LogP contribution in [0.5, 0.6) is 0 Å². The second kappa shape index (κ2) is 11.4. The summed E-state index contributed by atoms with van der Waals surface area (Å²) in [6.07, 6.45) is -3.29. The van der Waals surface area contributed by atoms with E-state index in [4.69, 9.17) is 42.4 Å². The van der Waals surface area contributed by atoms with E-state index in [2.05, 4.69) is 9.98 Å². The maximum Gasteiger partial charge on any atom is 0.218 e. The van der Waals surface area contributed by atoms with Gasteiger partial charge >= 0.3 is 0 Å². The lowest BCUT2D eigenvalue weighted by Crippen LogP contribution is -2.49. The molecular formula is C16H27N5O5. The van der Waals surface area contributed by atoms with E-state index in [9.17, 15) is 0 Å². The molecule has 1 aromatic carbocycles. The largest absolute Gasteiger partial charge is 0.394 e. The maximum absolute atomic E-state index is 9.11. The highest BCUT2D eigenvalue weighted by atomic mass is 16.6. The Morgan fingerprint density at radius 1 is 1.12 bits per heavy atom. The van der Waals surface area contributed by atoms with Gasteiger partial charge in [0, 0.05) is 13.0 Å². The molecule has 26 heavy (non-hydrogen) atoms. The fraction of sp³-hybridized carbons (Fsp3) is 0.500. The van der Waals surface area contributed by atoms with Gasteiger partial charge in [-0.25, -0.2) is 0 Å². The van der Waals surface area contributed by atoms with Gasteiger partial charge < -0.3 is 42.4 Å². The highest BCUT2D eigenvalue weighted by Gasteiger charge is 2.35. The van der Waals surface area contributed by atoms with Crippen LogP contribution in [0.2, 0.25) is 0 Å². The van der Waals surface area contributed by atoms with Crippen LogP contribution < -0.4 is 17.2 Å². The molecule has 0 aromatic heterocycles. The van der Waals surface area contributed by atoms with Crippen LogP contribution in [0.15, 0.2) is 40.3 Å². The second-order valence-corrected chi connectivity index (χ2v) is 5.62. The van der Waals surface area contributed by atoms with Crippen molar-refractivity contribution in [2.24, 2.45) is 27.2 Å². The zero-order valence-corrected chi connectivity index (χ0v) is 14.3. The van der Waals surface area contributed by atoms with Crippen molar-refractivity contribution in [3.05, 3.63) is 35.9 Å². The Bertz CT molecular complexity index is 580. The first-order valence-corrected chi connectivity index (χ1v) is 8.07. The lowest BCUT2D eigenvalue weighted by molar-refractivity contribution is -0.239. The van der Waals surface area contributed by atoms with Crippen LogP contribution in [0.4, 0.5) is 0 Å². The number of ether oxygens (including phenoxy) is 1. The monoisotopic (exact) mass is 369 g/mol. The van der Waals surface area contributed by atoms with Crippen LogP contribution in [0, 0.1) is 0 Å². The van der Waals surface area contributed by atoms with Crippen molar-refractivity contribution < 1.29 is 25.2 Å². The predicted molar refractivity (Wildman–Crippen MR) is 97.0 cm³/mol. The Morgan fingerprint density at radius 3 is 2.35 bits per heavy atom. The van der Waals surface area contributed by atoms with Crippen LogP contribution in [-0.4, -0.2) is 70.1 Å². The molecule has 0 spiro atoms. The molecule has 0 radical (unpaired) electrons. The first-order valence-electron chi connectivity index (χ1n) is 8.07. The topological polar surface area (TPSA) is 193 Å². The number of benzene rings is 1. The zero-order valence-electron chi connectivity index (χ0n) is 14.3. The molecule has 146 valence electrons. The molecule has 10 N–H and O–H groups in total. The number of aliphatic imine (C=N–C) groups is 2. The lowest BCUT2D eigenvalue weighted by Gasteiger charge is -2.33. The quantitative estimate of drug-likeness (QED) is 0.226. The number of nitrogens with zero attached hydrogens (tertiary/aromatic N) is 2. The molecule has 1 fully saturated rings. The van der Waals surface area contributed by atoms with Crippen LogP contribution in [0.3, 0.4) is 0 Å². The molecule has 10 nitrogen and oxygen atoms in total. The summed E-state index contributed by atoms with van der Waals surface area (Å²) in [5.41, 5.74) is 16.9. The average molecular weight is 369 g/mol. The van der Waals surface area contributed by atoms with Crippen molar-refractivity contribution in [2.45, 2.75) is 37.4 Å². The summed E-state index contributed by atoms with van der Waals surface area (Å²) in [7, 11) is 0. The van der Waals surface area contributed by atoms with E-state index in [1.807, 2.05) is 30.3 Å². The minimum Gasteiger partial charge on any atom is -0.394 e. The van der Waals surface area contributed by atoms with Gasteiger partial charge in [-0.3, -0.25) is 4.99 Å². The Morgan fingerprint density at radius 2 is 1.77 bits per heavy atom. The molecule has 1 aromatic rings. The summed E-state index contributed by atoms with van der Waals surface area (Å²) >= 11 is 0. The van der Waals surface area contributed by atoms with Crippen molar-refractivity contribution in [2.75, 3.05) is 13.2 Å². The molecule has 1 aliphatic heterocycles. The maximum atomic E-state index is 9.11. The average Bonchev–Trinajstić information content (AvgIpc) is 2.59. The molecule has 1 saturated heterocycles. The molecule has 4 atom stereocenters. The van der Waals surface area contributed by atoms with Crippen LogP contribution >= 0.6 is 0 Å². The van der Waals surface area contributed by atoms with Crippen molar-refractivity contribution >= 4 is 11.9 Å². The predicted octanol–water partition coefficient (Wildman–Crippen LogP) is -2.37. The summed E-state index contributed by atoms with van der Waals surface area (Å²) in [6, 6.07) is 10.0. The highest BCUT2D eigenvalue weighted by molar-refractivity contribution is 5.92. The van der Waals surface area contributed by atoms with Crippen LogP contribution in [0.25, 0.3) is 0 Å². The summed E-state index contributed by atoms with van der Waals surface area (Å²) in [5.74, 6) is 0.0434. The SMILES string of the molecule is NC(N)=NC(N)=NCCc1ccccc1.OC[C@H]1OC(O)C[C@@H](O)[C@@H]1O.